The number of halogens is 1. The average molecular weight is 298 g/mol. The second-order valence-corrected chi connectivity index (χ2v) is 4.80. The van der Waals surface area contributed by atoms with Crippen molar-refractivity contribution in [3.05, 3.63) is 65.9 Å². The first-order valence-electron chi connectivity index (χ1n) is 6.33. The van der Waals surface area contributed by atoms with Gasteiger partial charge < -0.3 is 10.5 Å². The minimum Gasteiger partial charge on any atom is -0.436 e. The van der Waals surface area contributed by atoms with Crippen LogP contribution in [-0.2, 0) is 0 Å². The Morgan fingerprint density at radius 3 is 2.38 bits per heavy atom. The summed E-state index contributed by atoms with van der Waals surface area (Å²) in [6.45, 7) is 0. The van der Waals surface area contributed by atoms with Gasteiger partial charge in [0.1, 0.15) is 11.6 Å². The number of aromatic nitrogens is 2. The average Bonchev–Trinajstić information content (AvgIpc) is 2.52. The Bertz CT molecular complexity index is 745. The van der Waals surface area contributed by atoms with E-state index in [4.69, 9.17) is 22.1 Å². The molecule has 0 saturated heterocycles. The van der Waals surface area contributed by atoms with Crippen LogP contribution >= 0.6 is 11.6 Å². The third kappa shape index (κ3) is 3.12. The summed E-state index contributed by atoms with van der Waals surface area (Å²) in [5.41, 5.74) is 7.60. The number of nitrogens with two attached hydrogens (primary N) is 1. The summed E-state index contributed by atoms with van der Waals surface area (Å²) in [6.07, 6.45) is 2.89. The van der Waals surface area contributed by atoms with Crippen LogP contribution < -0.4 is 10.5 Å². The number of hydrogen-bond acceptors (Lipinski definition) is 4. The van der Waals surface area contributed by atoms with Gasteiger partial charge in [-0.3, -0.25) is 0 Å². The molecular weight excluding hydrogens is 286 g/mol. The highest BCUT2D eigenvalue weighted by Gasteiger charge is 2.07. The Morgan fingerprint density at radius 1 is 0.905 bits per heavy atom. The molecule has 3 rings (SSSR count). The first-order chi connectivity index (χ1) is 10.2. The monoisotopic (exact) mass is 297 g/mol. The van der Waals surface area contributed by atoms with E-state index in [0.717, 1.165) is 11.1 Å². The maximum Gasteiger partial charge on any atom is 0.238 e. The van der Waals surface area contributed by atoms with Crippen LogP contribution in [-0.4, -0.2) is 9.97 Å². The van der Waals surface area contributed by atoms with Crippen molar-refractivity contribution in [3.63, 3.8) is 0 Å². The molecule has 0 fully saturated rings. The Morgan fingerprint density at radius 2 is 1.71 bits per heavy atom. The van der Waals surface area contributed by atoms with E-state index >= 15 is 0 Å². The van der Waals surface area contributed by atoms with Crippen molar-refractivity contribution in [2.45, 2.75) is 0 Å². The van der Waals surface area contributed by atoms with E-state index in [9.17, 15) is 0 Å². The second-order valence-electron chi connectivity index (χ2n) is 4.39. The molecule has 21 heavy (non-hydrogen) atoms. The quantitative estimate of drug-likeness (QED) is 0.788. The predicted molar refractivity (Wildman–Crippen MR) is 83.4 cm³/mol. The zero-order chi connectivity index (χ0) is 14.7. The molecule has 0 bridgehead atoms. The molecule has 0 aliphatic heterocycles. The molecule has 4 nitrogen and oxygen atoms in total. The van der Waals surface area contributed by atoms with E-state index in [1.54, 1.807) is 0 Å². The molecule has 1 aromatic heterocycles. The number of benzene rings is 2. The lowest BCUT2D eigenvalue weighted by Gasteiger charge is -2.08. The van der Waals surface area contributed by atoms with Crippen LogP contribution in [0.1, 0.15) is 0 Å². The van der Waals surface area contributed by atoms with Crippen LogP contribution in [0.5, 0.6) is 11.6 Å². The first-order valence-corrected chi connectivity index (χ1v) is 6.70. The molecule has 2 N–H and O–H groups in total. The van der Waals surface area contributed by atoms with Gasteiger partial charge in [0.25, 0.3) is 0 Å². The van der Waals surface area contributed by atoms with E-state index in [2.05, 4.69) is 9.97 Å². The minimum atomic E-state index is 0.341. The van der Waals surface area contributed by atoms with E-state index in [-0.39, 0.29) is 0 Å². The molecule has 104 valence electrons. The largest absolute Gasteiger partial charge is 0.436 e. The summed E-state index contributed by atoms with van der Waals surface area (Å²) < 4.78 is 5.59. The van der Waals surface area contributed by atoms with Crippen LogP contribution in [0.4, 0.5) is 5.82 Å². The summed E-state index contributed by atoms with van der Waals surface area (Å²) in [6, 6.07) is 15.6. The van der Waals surface area contributed by atoms with Crippen molar-refractivity contribution in [2.75, 3.05) is 5.73 Å². The number of hydrogen-bond donors (Lipinski definition) is 1. The van der Waals surface area contributed by atoms with E-state index in [1.807, 2.05) is 48.5 Å². The fourth-order valence-electron chi connectivity index (χ4n) is 1.89. The molecule has 0 atom stereocenters. The van der Waals surface area contributed by atoms with Crippen molar-refractivity contribution in [1.82, 2.24) is 9.97 Å². The van der Waals surface area contributed by atoms with Gasteiger partial charge >= 0.3 is 0 Å². The highest BCUT2D eigenvalue weighted by Crippen LogP contribution is 2.32. The van der Waals surface area contributed by atoms with Gasteiger partial charge in [0.2, 0.25) is 5.88 Å². The molecular formula is C16H12ClN3O. The van der Waals surface area contributed by atoms with Crippen molar-refractivity contribution in [2.24, 2.45) is 0 Å². The van der Waals surface area contributed by atoms with Crippen LogP contribution in [0.25, 0.3) is 11.1 Å². The van der Waals surface area contributed by atoms with Crippen LogP contribution in [0.3, 0.4) is 0 Å². The third-order valence-corrected chi connectivity index (χ3v) is 3.20. The van der Waals surface area contributed by atoms with Crippen molar-refractivity contribution >= 4 is 17.4 Å². The summed E-state index contributed by atoms with van der Waals surface area (Å²) >= 11 is 6.26. The zero-order valence-electron chi connectivity index (χ0n) is 11.0. The number of nitrogens with zero attached hydrogens (tertiary/aromatic N) is 2. The Labute approximate surface area is 127 Å². The van der Waals surface area contributed by atoms with E-state index < -0.39 is 0 Å². The zero-order valence-corrected chi connectivity index (χ0v) is 11.8. The topological polar surface area (TPSA) is 61.0 Å². The van der Waals surface area contributed by atoms with Crippen molar-refractivity contribution in [1.29, 1.82) is 0 Å². The lowest BCUT2D eigenvalue weighted by molar-refractivity contribution is 0.461. The normalized spacial score (nSPS) is 10.3. The fraction of sp³-hybridized carbons (Fsp3) is 0. The summed E-state index contributed by atoms with van der Waals surface area (Å²) in [4.78, 5) is 7.94. The van der Waals surface area contributed by atoms with Gasteiger partial charge in [0, 0.05) is 0 Å². The molecule has 3 aromatic rings. The number of nitrogen functional groups attached to an aromatic ring is 1. The maximum absolute atomic E-state index is 6.26. The molecule has 5 heteroatoms. The van der Waals surface area contributed by atoms with Gasteiger partial charge in [-0.1, -0.05) is 48.0 Å². The summed E-state index contributed by atoms with van der Waals surface area (Å²) in [7, 11) is 0. The molecule has 0 spiro atoms. The van der Waals surface area contributed by atoms with Gasteiger partial charge in [0.15, 0.2) is 0 Å². The van der Waals surface area contributed by atoms with Gasteiger partial charge in [-0.2, -0.15) is 0 Å². The molecule has 0 amide bonds. The van der Waals surface area contributed by atoms with Gasteiger partial charge in [-0.05, 0) is 23.3 Å². The highest BCUT2D eigenvalue weighted by molar-refractivity contribution is 6.32. The number of rotatable bonds is 3. The van der Waals surface area contributed by atoms with E-state index in [1.165, 1.54) is 12.4 Å². The molecule has 0 aliphatic rings. The highest BCUT2D eigenvalue weighted by atomic mass is 35.5. The number of anilines is 1. The number of ether oxygens (including phenoxy) is 1. The van der Waals surface area contributed by atoms with Crippen molar-refractivity contribution < 1.29 is 4.74 Å². The fourth-order valence-corrected chi connectivity index (χ4v) is 2.10. The van der Waals surface area contributed by atoms with E-state index in [0.29, 0.717) is 22.5 Å². The Hall–Kier alpha value is -2.59. The van der Waals surface area contributed by atoms with Gasteiger partial charge in [0.05, 0.1) is 17.4 Å². The molecule has 1 heterocycles. The van der Waals surface area contributed by atoms with Gasteiger partial charge in [-0.15, -0.1) is 0 Å². The minimum absolute atomic E-state index is 0.341. The SMILES string of the molecule is Nc1cnc(Oc2ccc(-c3ccccc3)cc2Cl)cn1. The molecule has 0 radical (unpaired) electrons. The summed E-state index contributed by atoms with van der Waals surface area (Å²) in [5.74, 6) is 1.21. The lowest BCUT2D eigenvalue weighted by Crippen LogP contribution is -1.94. The molecule has 0 saturated carbocycles. The first kappa shape index (κ1) is 13.4. The third-order valence-electron chi connectivity index (χ3n) is 2.90. The van der Waals surface area contributed by atoms with Crippen LogP contribution in [0, 0.1) is 0 Å². The molecule has 0 unspecified atom stereocenters. The smallest absolute Gasteiger partial charge is 0.238 e. The standard InChI is InChI=1S/C16H12ClN3O/c17-13-8-12(11-4-2-1-3-5-11)6-7-14(13)21-16-10-19-15(18)9-20-16/h1-10H,(H2,18,19). The van der Waals surface area contributed by atoms with Gasteiger partial charge in [-0.25, -0.2) is 9.97 Å². The summed E-state index contributed by atoms with van der Waals surface area (Å²) in [5, 5.41) is 0.509. The lowest BCUT2D eigenvalue weighted by atomic mass is 10.1. The second kappa shape index (κ2) is 5.81. The molecule has 0 aliphatic carbocycles. The van der Waals surface area contributed by atoms with Crippen molar-refractivity contribution in [3.8, 4) is 22.8 Å². The molecule has 2 aromatic carbocycles. The Balaban J connectivity index is 1.86. The van der Waals surface area contributed by atoms with Crippen LogP contribution in [0.15, 0.2) is 60.9 Å². The predicted octanol–water partition coefficient (Wildman–Crippen LogP) is 4.17. The Kier molecular flexibility index (Phi) is 3.71. The maximum atomic E-state index is 6.26. The van der Waals surface area contributed by atoms with Crippen LogP contribution in [0.2, 0.25) is 5.02 Å².